The number of likely N-dealkylation sites (tertiary alicyclic amines) is 1. The van der Waals surface area contributed by atoms with Crippen LogP contribution >= 0.6 is 0 Å². The zero-order chi connectivity index (χ0) is 31.4. The lowest BCUT2D eigenvalue weighted by atomic mass is 9.57. The number of rotatable bonds is 7. The van der Waals surface area contributed by atoms with Gasteiger partial charge in [0.15, 0.2) is 0 Å². The van der Waals surface area contributed by atoms with E-state index in [1.807, 2.05) is 43.7 Å². The molecule has 1 amide bonds. The van der Waals surface area contributed by atoms with E-state index in [-0.39, 0.29) is 47.0 Å². The molecule has 1 saturated carbocycles. The molecule has 1 saturated heterocycles. The number of alkyl halides is 3. The number of carbonyl (C=O) groups is 2. The Kier molecular flexibility index (Phi) is 7.39. The van der Waals surface area contributed by atoms with Crippen LogP contribution in [0.5, 0.6) is 0 Å². The fourth-order valence-corrected chi connectivity index (χ4v) is 7.38. The summed E-state index contributed by atoms with van der Waals surface area (Å²) in [6.07, 6.45) is 1.04. The minimum absolute atomic E-state index is 0.0161. The number of fused-ring (bicyclic) bond motifs is 1. The Balaban J connectivity index is 1.31. The number of anilines is 1. The Morgan fingerprint density at radius 3 is 2.57 bits per heavy atom. The monoisotopic (exact) mass is 604 g/mol. The summed E-state index contributed by atoms with van der Waals surface area (Å²) in [5, 5.41) is 17.8. The van der Waals surface area contributed by atoms with Crippen LogP contribution in [0.4, 0.5) is 18.9 Å². The number of piperidine rings is 1. The summed E-state index contributed by atoms with van der Waals surface area (Å²) in [4.78, 5) is 28.7. The van der Waals surface area contributed by atoms with Crippen LogP contribution in [0.25, 0.3) is 0 Å². The summed E-state index contributed by atoms with van der Waals surface area (Å²) in [6, 6.07) is 12.5. The first-order chi connectivity index (χ1) is 20.8. The molecule has 1 unspecified atom stereocenters. The Labute approximate surface area is 254 Å². The first kappa shape index (κ1) is 30.0. The molecule has 8 nitrogen and oxygen atoms in total. The number of aldehydes is 1. The van der Waals surface area contributed by atoms with Gasteiger partial charge in [-0.1, -0.05) is 12.1 Å². The highest BCUT2D eigenvalue weighted by molar-refractivity contribution is 6.10. The number of hydrogen-bond acceptors (Lipinski definition) is 6. The highest BCUT2D eigenvalue weighted by atomic mass is 19.4. The van der Waals surface area contributed by atoms with E-state index in [2.05, 4.69) is 21.2 Å². The predicted octanol–water partition coefficient (Wildman–Crippen LogP) is 5.60. The third-order valence-corrected chi connectivity index (χ3v) is 9.89. The highest BCUT2D eigenvalue weighted by Crippen LogP contribution is 2.50. The Morgan fingerprint density at radius 2 is 1.93 bits per heavy atom. The van der Waals surface area contributed by atoms with E-state index in [0.717, 1.165) is 17.7 Å². The maximum atomic E-state index is 14.4. The van der Waals surface area contributed by atoms with Crippen molar-refractivity contribution in [3.63, 3.8) is 0 Å². The lowest BCUT2D eigenvalue weighted by Gasteiger charge is -2.45. The van der Waals surface area contributed by atoms with Crippen LogP contribution in [0.2, 0.25) is 0 Å². The molecule has 3 heterocycles. The van der Waals surface area contributed by atoms with Gasteiger partial charge in [-0.15, -0.1) is 10.2 Å². The van der Waals surface area contributed by atoms with Crippen LogP contribution in [0.15, 0.2) is 42.7 Å². The fraction of sp³-hybridized carbons (Fsp3) is 0.485. The van der Waals surface area contributed by atoms with Crippen LogP contribution in [0.1, 0.15) is 78.0 Å². The van der Waals surface area contributed by atoms with Gasteiger partial charge < -0.3 is 14.3 Å². The van der Waals surface area contributed by atoms with E-state index in [0.29, 0.717) is 49.9 Å². The second kappa shape index (κ2) is 10.8. The Bertz CT molecular complexity index is 1650. The molecule has 0 spiro atoms. The smallest absolute Gasteiger partial charge is 0.321 e. The third kappa shape index (κ3) is 5.30. The van der Waals surface area contributed by atoms with Gasteiger partial charge in [0.1, 0.15) is 18.4 Å². The van der Waals surface area contributed by atoms with Crippen molar-refractivity contribution in [2.45, 2.75) is 76.2 Å². The van der Waals surface area contributed by atoms with Crippen molar-refractivity contribution < 1.29 is 22.8 Å². The number of carbonyl (C=O) groups excluding carboxylic acids is 2. The maximum absolute atomic E-state index is 14.4. The summed E-state index contributed by atoms with van der Waals surface area (Å²) < 4.78 is 45.2. The largest absolute Gasteiger partial charge is 0.416 e. The van der Waals surface area contributed by atoms with E-state index < -0.39 is 17.6 Å². The zero-order valence-electron chi connectivity index (χ0n) is 25.1. The van der Waals surface area contributed by atoms with Gasteiger partial charge in [0.2, 0.25) is 0 Å². The third-order valence-electron chi connectivity index (χ3n) is 9.89. The van der Waals surface area contributed by atoms with Crippen molar-refractivity contribution in [2.24, 2.45) is 18.9 Å². The van der Waals surface area contributed by atoms with Gasteiger partial charge in [-0.3, -0.25) is 9.69 Å². The molecule has 3 aliphatic rings. The van der Waals surface area contributed by atoms with E-state index in [9.17, 15) is 28.0 Å². The Morgan fingerprint density at radius 1 is 1.16 bits per heavy atom. The molecule has 0 bridgehead atoms. The molecule has 1 aliphatic carbocycles. The number of aryl methyl sites for hydroxylation is 1. The highest BCUT2D eigenvalue weighted by Gasteiger charge is 2.47. The van der Waals surface area contributed by atoms with Gasteiger partial charge in [-0.25, -0.2) is 0 Å². The molecular formula is C33H35F3N6O2. The number of halogens is 3. The summed E-state index contributed by atoms with van der Waals surface area (Å²) in [5.74, 6) is 0.140. The van der Waals surface area contributed by atoms with Gasteiger partial charge in [-0.05, 0) is 87.0 Å². The number of aromatic nitrogens is 3. The molecule has 11 heteroatoms. The molecule has 1 aromatic heterocycles. The minimum atomic E-state index is -4.63. The van der Waals surface area contributed by atoms with Gasteiger partial charge in [0.25, 0.3) is 5.91 Å². The quantitative estimate of drug-likeness (QED) is 0.326. The molecule has 2 fully saturated rings. The van der Waals surface area contributed by atoms with Crippen molar-refractivity contribution in [2.75, 3.05) is 11.4 Å². The molecule has 2 aliphatic heterocycles. The van der Waals surface area contributed by atoms with Gasteiger partial charge >= 0.3 is 6.18 Å². The first-order valence-corrected chi connectivity index (χ1v) is 14.9. The van der Waals surface area contributed by atoms with Crippen molar-refractivity contribution >= 4 is 17.9 Å². The maximum Gasteiger partial charge on any atom is 0.416 e. The van der Waals surface area contributed by atoms with Crippen LogP contribution < -0.4 is 4.90 Å². The SMILES string of the molecule is Cn1cnnc1CC1(c2cccc(N3Cc4c(cc(CN5CCC(C=O)CC5(C)C)cc4C(F)(F)F)C3=O)c2)CC(C#N)C1. The number of nitriles is 1. The van der Waals surface area contributed by atoms with E-state index >= 15 is 0 Å². The predicted molar refractivity (Wildman–Crippen MR) is 156 cm³/mol. The van der Waals surface area contributed by atoms with Crippen molar-refractivity contribution in [1.29, 1.82) is 5.26 Å². The molecule has 1 atom stereocenters. The molecule has 44 heavy (non-hydrogen) atoms. The van der Waals surface area contributed by atoms with Crippen LogP contribution in [0.3, 0.4) is 0 Å². The van der Waals surface area contributed by atoms with Crippen molar-refractivity contribution in [3.8, 4) is 6.07 Å². The lowest BCUT2D eigenvalue weighted by molar-refractivity contribution is -0.138. The van der Waals surface area contributed by atoms with Gasteiger partial charge in [-0.2, -0.15) is 18.4 Å². The molecule has 3 aromatic rings. The summed E-state index contributed by atoms with van der Waals surface area (Å²) in [5.41, 5.74) is 0.385. The van der Waals surface area contributed by atoms with Crippen molar-refractivity contribution in [3.05, 3.63) is 76.4 Å². The molecule has 230 valence electrons. The van der Waals surface area contributed by atoms with Crippen LogP contribution in [-0.4, -0.2) is 43.9 Å². The Hall–Kier alpha value is -4.04. The number of hydrogen-bond donors (Lipinski definition) is 0. The van der Waals surface area contributed by atoms with Gasteiger partial charge in [0.05, 0.1) is 18.2 Å². The summed E-state index contributed by atoms with van der Waals surface area (Å²) >= 11 is 0. The van der Waals surface area contributed by atoms with E-state index in [1.54, 1.807) is 18.5 Å². The van der Waals surface area contributed by atoms with Crippen LogP contribution in [-0.2, 0) is 42.9 Å². The molecule has 2 aromatic carbocycles. The summed E-state index contributed by atoms with van der Waals surface area (Å²) in [7, 11) is 1.86. The number of benzene rings is 2. The first-order valence-electron chi connectivity index (χ1n) is 14.9. The fourth-order valence-electron chi connectivity index (χ4n) is 7.38. The minimum Gasteiger partial charge on any atom is -0.321 e. The standard InChI is InChI=1S/C33H35F3N6O2/c1-31(2)12-21(19-43)7-8-41(31)17-22-9-26-27(28(10-22)33(34,35)36)18-42(30(26)44)25-6-4-5-24(11-25)32(13-23(14-32)16-37)15-29-39-38-20-40(29)3/h4-6,9-11,19-21,23H,7-8,12-15,17-18H2,1-3H3. The molecule has 6 rings (SSSR count). The molecular weight excluding hydrogens is 569 g/mol. The topological polar surface area (TPSA) is 95.1 Å². The number of amides is 1. The lowest BCUT2D eigenvalue weighted by Crippen LogP contribution is -2.49. The zero-order valence-corrected chi connectivity index (χ0v) is 25.1. The average Bonchev–Trinajstić information content (AvgIpc) is 3.52. The van der Waals surface area contributed by atoms with E-state index in [4.69, 9.17) is 0 Å². The molecule has 0 radical (unpaired) electrons. The van der Waals surface area contributed by atoms with Crippen LogP contribution in [0, 0.1) is 23.2 Å². The molecule has 0 N–H and O–H groups in total. The average molecular weight is 605 g/mol. The normalized spacial score (nSPS) is 24.9. The second-order valence-electron chi connectivity index (χ2n) is 13.3. The van der Waals surface area contributed by atoms with Crippen molar-refractivity contribution in [1.82, 2.24) is 19.7 Å². The van der Waals surface area contributed by atoms with E-state index in [1.165, 1.54) is 11.0 Å². The second-order valence-corrected chi connectivity index (χ2v) is 13.3. The number of nitrogens with zero attached hydrogens (tertiary/aromatic N) is 6. The summed E-state index contributed by atoms with van der Waals surface area (Å²) in [6.45, 7) is 4.66. The van der Waals surface area contributed by atoms with Gasteiger partial charge in [0, 0.05) is 54.1 Å².